The molecule has 3 rings (SSSR count). The van der Waals surface area contributed by atoms with Gasteiger partial charge in [0.2, 0.25) is 0 Å². The van der Waals surface area contributed by atoms with Crippen LogP contribution in [-0.2, 0) is 16.1 Å². The number of benzene rings is 2. The van der Waals surface area contributed by atoms with E-state index in [0.29, 0.717) is 18.8 Å². The number of methoxy groups -OCH3 is 1. The standard InChI is InChI=1S/C18H18N2O3S/c1-23-15-7-8-16-13(11-15)12-20(9-10-24-16)18(22)17(21)19-14-5-3-2-4-6-14/h2-8,11H,9-10,12H2,1H3,(H,19,21). The average molecular weight is 342 g/mol. The number of hydrogen-bond donors (Lipinski definition) is 1. The Morgan fingerprint density at radius 3 is 2.71 bits per heavy atom. The lowest BCUT2D eigenvalue weighted by Gasteiger charge is -2.20. The molecule has 124 valence electrons. The first-order chi connectivity index (χ1) is 11.7. The van der Waals surface area contributed by atoms with Gasteiger partial charge in [0.05, 0.1) is 7.11 Å². The monoisotopic (exact) mass is 342 g/mol. The number of amides is 2. The lowest BCUT2D eigenvalue weighted by atomic mass is 10.2. The zero-order chi connectivity index (χ0) is 16.9. The molecule has 0 spiro atoms. The molecule has 6 heteroatoms. The summed E-state index contributed by atoms with van der Waals surface area (Å²) in [6, 6.07) is 14.8. The van der Waals surface area contributed by atoms with Crippen molar-refractivity contribution in [3.8, 4) is 5.75 Å². The van der Waals surface area contributed by atoms with Crippen molar-refractivity contribution < 1.29 is 14.3 Å². The summed E-state index contributed by atoms with van der Waals surface area (Å²) in [5, 5.41) is 2.64. The molecule has 2 aromatic rings. The smallest absolute Gasteiger partial charge is 0.313 e. The van der Waals surface area contributed by atoms with Gasteiger partial charge in [-0.25, -0.2) is 0 Å². The SMILES string of the molecule is COc1ccc2c(c1)CN(C(=O)C(=O)Nc1ccccc1)CCS2. The van der Waals surface area contributed by atoms with Crippen LogP contribution < -0.4 is 10.1 Å². The van der Waals surface area contributed by atoms with Crippen molar-refractivity contribution in [2.75, 3.05) is 24.7 Å². The van der Waals surface area contributed by atoms with Gasteiger partial charge in [-0.3, -0.25) is 9.59 Å². The quantitative estimate of drug-likeness (QED) is 0.853. The Balaban J connectivity index is 1.73. The molecular weight excluding hydrogens is 324 g/mol. The van der Waals surface area contributed by atoms with Crippen molar-refractivity contribution in [1.82, 2.24) is 4.90 Å². The zero-order valence-electron chi connectivity index (χ0n) is 13.3. The highest BCUT2D eigenvalue weighted by Gasteiger charge is 2.25. The van der Waals surface area contributed by atoms with Gasteiger partial charge < -0.3 is 15.0 Å². The number of anilines is 1. The van der Waals surface area contributed by atoms with Crippen LogP contribution in [0.2, 0.25) is 0 Å². The average Bonchev–Trinajstić information content (AvgIpc) is 2.83. The van der Waals surface area contributed by atoms with Crippen LogP contribution in [0.25, 0.3) is 0 Å². The third-order valence-corrected chi connectivity index (χ3v) is 4.86. The molecule has 0 atom stereocenters. The van der Waals surface area contributed by atoms with E-state index in [9.17, 15) is 9.59 Å². The van der Waals surface area contributed by atoms with Gasteiger partial charge in [-0.2, -0.15) is 0 Å². The summed E-state index contributed by atoms with van der Waals surface area (Å²) in [5.41, 5.74) is 1.61. The minimum absolute atomic E-state index is 0.403. The van der Waals surface area contributed by atoms with E-state index in [1.807, 2.05) is 36.4 Å². The van der Waals surface area contributed by atoms with Crippen molar-refractivity contribution in [3.63, 3.8) is 0 Å². The number of para-hydroxylation sites is 1. The van der Waals surface area contributed by atoms with E-state index in [2.05, 4.69) is 5.32 Å². The molecule has 0 bridgehead atoms. The number of carbonyl (C=O) groups is 2. The van der Waals surface area contributed by atoms with E-state index in [1.54, 1.807) is 35.9 Å². The molecule has 1 aliphatic heterocycles. The van der Waals surface area contributed by atoms with Gasteiger partial charge in [-0.15, -0.1) is 11.8 Å². The number of carbonyl (C=O) groups excluding carboxylic acids is 2. The van der Waals surface area contributed by atoms with E-state index < -0.39 is 11.8 Å². The van der Waals surface area contributed by atoms with Gasteiger partial charge in [0.1, 0.15) is 5.75 Å². The molecule has 0 fully saturated rings. The highest BCUT2D eigenvalue weighted by atomic mass is 32.2. The summed E-state index contributed by atoms with van der Waals surface area (Å²) >= 11 is 1.68. The van der Waals surface area contributed by atoms with E-state index in [1.165, 1.54) is 0 Å². The maximum Gasteiger partial charge on any atom is 0.313 e. The lowest BCUT2D eigenvalue weighted by molar-refractivity contribution is -0.143. The van der Waals surface area contributed by atoms with E-state index >= 15 is 0 Å². The van der Waals surface area contributed by atoms with Crippen molar-refractivity contribution in [2.45, 2.75) is 11.4 Å². The van der Waals surface area contributed by atoms with Crippen LogP contribution in [0, 0.1) is 0 Å². The van der Waals surface area contributed by atoms with Gasteiger partial charge in [0.15, 0.2) is 0 Å². The molecule has 0 unspecified atom stereocenters. The Kier molecular flexibility index (Phi) is 5.05. The third-order valence-electron chi connectivity index (χ3n) is 3.76. The van der Waals surface area contributed by atoms with Gasteiger partial charge >= 0.3 is 11.8 Å². The minimum Gasteiger partial charge on any atom is -0.497 e. The largest absolute Gasteiger partial charge is 0.497 e. The molecule has 1 heterocycles. The first-order valence-corrected chi connectivity index (χ1v) is 8.61. The number of hydrogen-bond acceptors (Lipinski definition) is 4. The fourth-order valence-electron chi connectivity index (χ4n) is 2.52. The molecule has 2 amide bonds. The Hall–Kier alpha value is -2.47. The summed E-state index contributed by atoms with van der Waals surface area (Å²) in [6.07, 6.45) is 0. The van der Waals surface area contributed by atoms with Gasteiger partial charge in [0.25, 0.3) is 0 Å². The van der Waals surface area contributed by atoms with Gasteiger partial charge in [0, 0.05) is 29.4 Å². The molecule has 0 saturated carbocycles. The summed E-state index contributed by atoms with van der Waals surface area (Å²) < 4.78 is 5.25. The van der Waals surface area contributed by atoms with Crippen LogP contribution in [0.4, 0.5) is 5.69 Å². The number of rotatable bonds is 2. The first-order valence-electron chi connectivity index (χ1n) is 7.62. The molecule has 5 nitrogen and oxygen atoms in total. The summed E-state index contributed by atoms with van der Waals surface area (Å²) in [4.78, 5) is 27.4. The van der Waals surface area contributed by atoms with Crippen LogP contribution in [0.15, 0.2) is 53.4 Å². The normalized spacial score (nSPS) is 13.6. The fraction of sp³-hybridized carbons (Fsp3) is 0.222. The number of ether oxygens (including phenoxy) is 1. The molecule has 1 aliphatic rings. The maximum absolute atomic E-state index is 12.5. The van der Waals surface area contributed by atoms with E-state index in [4.69, 9.17) is 4.74 Å². The van der Waals surface area contributed by atoms with Crippen LogP contribution in [0.3, 0.4) is 0 Å². The molecule has 2 aromatic carbocycles. The summed E-state index contributed by atoms with van der Waals surface area (Å²) in [5.74, 6) is 0.369. The molecule has 0 saturated heterocycles. The van der Waals surface area contributed by atoms with E-state index in [-0.39, 0.29) is 0 Å². The molecule has 1 N–H and O–H groups in total. The Morgan fingerprint density at radius 2 is 1.96 bits per heavy atom. The van der Waals surface area contributed by atoms with Crippen LogP contribution in [-0.4, -0.2) is 36.1 Å². The second kappa shape index (κ2) is 7.40. The van der Waals surface area contributed by atoms with Crippen LogP contribution >= 0.6 is 11.8 Å². The second-order valence-corrected chi connectivity index (χ2v) is 6.51. The molecule has 24 heavy (non-hydrogen) atoms. The molecule has 0 aliphatic carbocycles. The van der Waals surface area contributed by atoms with E-state index in [0.717, 1.165) is 22.0 Å². The molecule has 0 aromatic heterocycles. The highest BCUT2D eigenvalue weighted by molar-refractivity contribution is 7.99. The lowest BCUT2D eigenvalue weighted by Crippen LogP contribution is -2.40. The number of nitrogens with zero attached hydrogens (tertiary/aromatic N) is 1. The minimum atomic E-state index is -0.613. The van der Waals surface area contributed by atoms with Crippen molar-refractivity contribution in [2.24, 2.45) is 0 Å². The van der Waals surface area contributed by atoms with Gasteiger partial charge in [-0.05, 0) is 35.9 Å². The highest BCUT2D eigenvalue weighted by Crippen LogP contribution is 2.30. The second-order valence-electron chi connectivity index (χ2n) is 5.37. The summed E-state index contributed by atoms with van der Waals surface area (Å²) in [6.45, 7) is 0.934. The third kappa shape index (κ3) is 3.71. The summed E-state index contributed by atoms with van der Waals surface area (Å²) in [7, 11) is 1.61. The van der Waals surface area contributed by atoms with Crippen molar-refractivity contribution in [1.29, 1.82) is 0 Å². The molecular formula is C18H18N2O3S. The Bertz CT molecular complexity index is 749. The number of fused-ring (bicyclic) bond motifs is 1. The zero-order valence-corrected chi connectivity index (χ0v) is 14.1. The topological polar surface area (TPSA) is 58.6 Å². The van der Waals surface area contributed by atoms with Crippen molar-refractivity contribution in [3.05, 3.63) is 54.1 Å². The Labute approximate surface area is 145 Å². The first kappa shape index (κ1) is 16.4. The van der Waals surface area contributed by atoms with Gasteiger partial charge in [-0.1, -0.05) is 18.2 Å². The van der Waals surface area contributed by atoms with Crippen molar-refractivity contribution >= 4 is 29.3 Å². The molecule has 0 radical (unpaired) electrons. The maximum atomic E-state index is 12.5. The number of thioether (sulfide) groups is 1. The predicted molar refractivity (Wildman–Crippen MR) is 94.2 cm³/mol. The Morgan fingerprint density at radius 1 is 1.17 bits per heavy atom. The van der Waals surface area contributed by atoms with Crippen LogP contribution in [0.5, 0.6) is 5.75 Å². The van der Waals surface area contributed by atoms with Crippen LogP contribution in [0.1, 0.15) is 5.56 Å². The predicted octanol–water partition coefficient (Wildman–Crippen LogP) is 2.77. The fourth-order valence-corrected chi connectivity index (χ4v) is 3.53. The number of nitrogens with one attached hydrogen (secondary N) is 1.